The maximum absolute atomic E-state index is 4.84. The van der Waals surface area contributed by atoms with Gasteiger partial charge in [-0.15, -0.1) is 23.1 Å². The molecule has 0 amide bonds. The van der Waals surface area contributed by atoms with Gasteiger partial charge in [0, 0.05) is 47.9 Å². The normalized spacial score (nSPS) is 15.9. The maximum Gasteiger partial charge on any atom is 0.0559 e. The first-order valence-electron chi connectivity index (χ1n) is 19.9. The fraction of sp³-hybridized carbons (Fsp3) is 0.111. The SMILES string of the molecule is C=C1c2ccccc2SCC2(C(/C=C\C)=C(C)c3ccccc32)c2ccc(-c3cccc(N(c4ccccc4)c4ccc5c(c4)sc4ccccc45)c3)cc21.CC. The molecule has 0 saturated heterocycles. The number of hydrogen-bond donors (Lipinski definition) is 0. The summed E-state index contributed by atoms with van der Waals surface area (Å²) in [6.45, 7) is 13.3. The number of fused-ring (bicyclic) bond motifs is 8. The molecule has 2 aliphatic rings. The van der Waals surface area contributed by atoms with Crippen LogP contribution in [0.15, 0.2) is 193 Å². The Morgan fingerprint density at radius 3 is 2.09 bits per heavy atom. The molecule has 0 bridgehead atoms. The van der Waals surface area contributed by atoms with Crippen LogP contribution in [-0.2, 0) is 5.41 Å². The lowest BCUT2D eigenvalue weighted by molar-refractivity contribution is 0.716. The van der Waals surface area contributed by atoms with Crippen LogP contribution in [0.3, 0.4) is 0 Å². The van der Waals surface area contributed by atoms with Crippen LogP contribution in [0.2, 0.25) is 0 Å². The van der Waals surface area contributed by atoms with Crippen LogP contribution in [0.1, 0.15) is 55.5 Å². The molecule has 1 aliphatic carbocycles. The Morgan fingerprint density at radius 1 is 0.579 bits per heavy atom. The van der Waals surface area contributed by atoms with E-state index in [2.05, 4.69) is 195 Å². The van der Waals surface area contributed by atoms with Crippen LogP contribution in [-0.4, -0.2) is 5.75 Å². The van der Waals surface area contributed by atoms with E-state index in [1.807, 2.05) is 36.9 Å². The van der Waals surface area contributed by atoms with E-state index < -0.39 is 0 Å². The molecule has 3 heteroatoms. The number of nitrogens with zero attached hydrogens (tertiary/aromatic N) is 1. The van der Waals surface area contributed by atoms with Gasteiger partial charge in [-0.25, -0.2) is 0 Å². The van der Waals surface area contributed by atoms with Crippen LogP contribution >= 0.6 is 23.1 Å². The molecule has 8 aromatic rings. The van der Waals surface area contributed by atoms with Crippen molar-refractivity contribution >= 4 is 71.5 Å². The van der Waals surface area contributed by atoms with Gasteiger partial charge in [-0.3, -0.25) is 0 Å². The molecule has 0 fully saturated rings. The minimum Gasteiger partial charge on any atom is -0.310 e. The van der Waals surface area contributed by atoms with Crippen molar-refractivity contribution in [2.75, 3.05) is 10.7 Å². The smallest absolute Gasteiger partial charge is 0.0559 e. The van der Waals surface area contributed by atoms with E-state index in [-0.39, 0.29) is 5.41 Å². The lowest BCUT2D eigenvalue weighted by Gasteiger charge is -2.38. The first kappa shape index (κ1) is 36.7. The van der Waals surface area contributed by atoms with Crippen molar-refractivity contribution in [1.82, 2.24) is 0 Å². The lowest BCUT2D eigenvalue weighted by atomic mass is 9.69. The summed E-state index contributed by atoms with van der Waals surface area (Å²) in [5.74, 6) is 0.906. The molecule has 1 atom stereocenters. The van der Waals surface area contributed by atoms with Gasteiger partial charge in [-0.1, -0.05) is 142 Å². The summed E-state index contributed by atoms with van der Waals surface area (Å²) in [5.41, 5.74) is 15.7. The van der Waals surface area contributed by atoms with Gasteiger partial charge in [-0.2, -0.15) is 0 Å². The van der Waals surface area contributed by atoms with Crippen LogP contribution in [0, 0.1) is 0 Å². The molecule has 1 spiro atoms. The molecule has 0 radical (unpaired) electrons. The monoisotopic (exact) mass is 771 g/mol. The highest BCUT2D eigenvalue weighted by Crippen LogP contribution is 2.57. The number of anilines is 3. The quantitative estimate of drug-likeness (QED) is 0.171. The van der Waals surface area contributed by atoms with Crippen LogP contribution in [0.25, 0.3) is 42.4 Å². The average molecular weight is 772 g/mol. The zero-order chi connectivity index (χ0) is 39.1. The molecule has 1 unspecified atom stereocenters. The van der Waals surface area contributed by atoms with E-state index in [4.69, 9.17) is 6.58 Å². The van der Waals surface area contributed by atoms with E-state index in [1.165, 1.54) is 75.2 Å². The minimum atomic E-state index is -0.320. The fourth-order valence-electron chi connectivity index (χ4n) is 8.97. The van der Waals surface area contributed by atoms with Crippen molar-refractivity contribution < 1.29 is 0 Å². The predicted octanol–water partition coefficient (Wildman–Crippen LogP) is 16.0. The Bertz CT molecular complexity index is 2870. The summed E-state index contributed by atoms with van der Waals surface area (Å²) in [7, 11) is 0. The van der Waals surface area contributed by atoms with Crippen molar-refractivity contribution in [1.29, 1.82) is 0 Å². The van der Waals surface area contributed by atoms with Gasteiger partial charge in [-0.05, 0) is 124 Å². The zero-order valence-electron chi connectivity index (χ0n) is 32.9. The molecule has 1 nitrogen and oxygen atoms in total. The minimum absolute atomic E-state index is 0.320. The van der Waals surface area contributed by atoms with Gasteiger partial charge in [0.05, 0.1) is 5.41 Å². The third-order valence-electron chi connectivity index (χ3n) is 11.5. The van der Waals surface area contributed by atoms with Gasteiger partial charge in [0.1, 0.15) is 0 Å². The molecular formula is C54H45NS2. The number of thioether (sulfide) groups is 1. The van der Waals surface area contributed by atoms with E-state index in [9.17, 15) is 0 Å². The van der Waals surface area contributed by atoms with E-state index in [1.54, 1.807) is 0 Å². The molecule has 57 heavy (non-hydrogen) atoms. The Kier molecular flexibility index (Phi) is 9.82. The van der Waals surface area contributed by atoms with E-state index in [0.717, 1.165) is 28.4 Å². The van der Waals surface area contributed by atoms with Gasteiger partial charge >= 0.3 is 0 Å². The first-order valence-corrected chi connectivity index (χ1v) is 21.7. The lowest BCUT2D eigenvalue weighted by Crippen LogP contribution is -2.33. The van der Waals surface area contributed by atoms with Crippen LogP contribution in [0.4, 0.5) is 17.1 Å². The number of rotatable bonds is 5. The maximum atomic E-state index is 4.84. The van der Waals surface area contributed by atoms with Gasteiger partial charge < -0.3 is 4.90 Å². The second kappa shape index (κ2) is 15.2. The van der Waals surface area contributed by atoms with Crippen molar-refractivity contribution in [2.24, 2.45) is 0 Å². The average Bonchev–Trinajstić information content (AvgIpc) is 3.76. The van der Waals surface area contributed by atoms with Crippen molar-refractivity contribution in [3.63, 3.8) is 0 Å². The third-order valence-corrected chi connectivity index (χ3v) is 13.9. The molecule has 278 valence electrons. The summed E-state index contributed by atoms with van der Waals surface area (Å²) >= 11 is 3.81. The summed E-state index contributed by atoms with van der Waals surface area (Å²) in [6.07, 6.45) is 4.55. The first-order chi connectivity index (χ1) is 28.0. The number of allylic oxidation sites excluding steroid dienone is 4. The molecule has 2 heterocycles. The van der Waals surface area contributed by atoms with Crippen LogP contribution in [0.5, 0.6) is 0 Å². The Labute approximate surface area is 345 Å². The number of thiophene rings is 1. The van der Waals surface area contributed by atoms with Crippen molar-refractivity contribution in [2.45, 2.75) is 38.0 Å². The highest BCUT2D eigenvalue weighted by molar-refractivity contribution is 7.99. The Balaban J connectivity index is 0.00000208. The predicted molar refractivity (Wildman–Crippen MR) is 251 cm³/mol. The highest BCUT2D eigenvalue weighted by atomic mass is 32.2. The molecule has 1 aromatic heterocycles. The molecule has 0 saturated carbocycles. The summed E-state index contributed by atoms with van der Waals surface area (Å²) < 4.78 is 2.61. The summed E-state index contributed by atoms with van der Waals surface area (Å²) in [4.78, 5) is 3.66. The Morgan fingerprint density at radius 2 is 1.25 bits per heavy atom. The van der Waals surface area contributed by atoms with Gasteiger partial charge in [0.15, 0.2) is 0 Å². The largest absolute Gasteiger partial charge is 0.310 e. The second-order valence-electron chi connectivity index (χ2n) is 14.5. The molecule has 0 N–H and O–H groups in total. The van der Waals surface area contributed by atoms with E-state index in [0.29, 0.717) is 0 Å². The molecule has 1 aliphatic heterocycles. The second-order valence-corrected chi connectivity index (χ2v) is 16.6. The number of para-hydroxylation sites is 1. The standard InChI is InChI=1S/C52H39NS2.C2H6/c1-4-15-46-35(3)41-20-8-11-23-47(41)52(46)33-54-49-24-12-9-21-42(49)34(2)45-31-37(26-29-48(45)52)36-16-14-19-39(30-36)53(38-17-6-5-7-18-38)40-27-28-44-43-22-10-13-25-50(43)55-51(44)32-40;1-2/h4-32H,2,33H2,1,3H3;1-2H3/b15-4-;. The number of hydrogen-bond acceptors (Lipinski definition) is 3. The van der Waals surface area contributed by atoms with Crippen LogP contribution < -0.4 is 4.90 Å². The Hall–Kier alpha value is -5.87. The molecule has 10 rings (SSSR count). The van der Waals surface area contributed by atoms with E-state index >= 15 is 0 Å². The molecular weight excluding hydrogens is 727 g/mol. The van der Waals surface area contributed by atoms with Crippen molar-refractivity contribution in [3.8, 4) is 11.1 Å². The number of benzene rings is 7. The third kappa shape index (κ3) is 6.09. The fourth-order valence-corrected chi connectivity index (χ4v) is 11.5. The topological polar surface area (TPSA) is 3.24 Å². The van der Waals surface area contributed by atoms with Crippen molar-refractivity contribution in [3.05, 3.63) is 216 Å². The summed E-state index contributed by atoms with van der Waals surface area (Å²) in [6, 6.07) is 60.3. The highest BCUT2D eigenvalue weighted by Gasteiger charge is 2.46. The van der Waals surface area contributed by atoms with Gasteiger partial charge in [0.25, 0.3) is 0 Å². The zero-order valence-corrected chi connectivity index (χ0v) is 34.6. The summed E-state index contributed by atoms with van der Waals surface area (Å²) in [5, 5.41) is 2.62. The molecule has 7 aromatic carbocycles. The van der Waals surface area contributed by atoms with Gasteiger partial charge in [0.2, 0.25) is 0 Å².